The highest BCUT2D eigenvalue weighted by molar-refractivity contribution is 9.10. The number of carbonyl (C=O) groups is 2. The van der Waals surface area contributed by atoms with E-state index in [1.165, 1.54) is 42.1 Å². The first kappa shape index (κ1) is 21.4. The molecule has 0 N–H and O–H groups in total. The highest BCUT2D eigenvalue weighted by atomic mass is 79.9. The van der Waals surface area contributed by atoms with Gasteiger partial charge in [-0.1, -0.05) is 0 Å². The second-order valence-electron chi connectivity index (χ2n) is 6.25. The Hall–Kier alpha value is -3.27. The van der Waals surface area contributed by atoms with Crippen LogP contribution in [0, 0.1) is 5.21 Å². The lowest BCUT2D eigenvalue weighted by molar-refractivity contribution is -0.616. The zero-order chi connectivity index (χ0) is 22.1. The Bertz CT molecular complexity index is 1150. The predicted molar refractivity (Wildman–Crippen MR) is 105 cm³/mol. The van der Waals surface area contributed by atoms with Gasteiger partial charge in [0.2, 0.25) is 5.78 Å². The first-order valence-electron chi connectivity index (χ1n) is 8.46. The molecule has 30 heavy (non-hydrogen) atoms. The second kappa shape index (κ2) is 8.23. The average molecular weight is 480 g/mol. The first-order valence-corrected chi connectivity index (χ1v) is 9.25. The third kappa shape index (κ3) is 4.65. The van der Waals surface area contributed by atoms with Crippen LogP contribution in [0.4, 0.5) is 13.2 Å². The highest BCUT2D eigenvalue weighted by Gasteiger charge is 2.30. The van der Waals surface area contributed by atoms with Gasteiger partial charge in [-0.2, -0.15) is 23.0 Å². The van der Waals surface area contributed by atoms with Gasteiger partial charge in [0.25, 0.3) is 4.60 Å². The molecule has 0 fully saturated rings. The molecule has 1 aromatic carbocycles. The van der Waals surface area contributed by atoms with Gasteiger partial charge in [-0.15, -0.1) is 0 Å². The van der Waals surface area contributed by atoms with E-state index in [2.05, 4.69) is 21.0 Å². The first-order chi connectivity index (χ1) is 14.1. The van der Waals surface area contributed by atoms with Gasteiger partial charge in [0.1, 0.15) is 5.69 Å². The number of carbonyl (C=O) groups excluding carboxylic acids is 2. The summed E-state index contributed by atoms with van der Waals surface area (Å²) in [5, 5.41) is 16.1. The van der Waals surface area contributed by atoms with E-state index in [4.69, 9.17) is 0 Å². The summed E-state index contributed by atoms with van der Waals surface area (Å²) in [7, 11) is 0. The standard InChI is InChI=1S/C20H13BrF3N3O3/c1-12(28)2-8-18(29)17-10-16(13-3-9-19(21)26(30)11-13)25-27(17)15-6-4-14(5-7-15)20(22,23)24/h2-11H,1H3. The lowest BCUT2D eigenvalue weighted by Crippen LogP contribution is -2.27. The molecule has 0 unspecified atom stereocenters. The van der Waals surface area contributed by atoms with Crippen LogP contribution in [0.3, 0.4) is 0 Å². The van der Waals surface area contributed by atoms with Crippen molar-refractivity contribution in [2.45, 2.75) is 13.1 Å². The number of pyridine rings is 1. The summed E-state index contributed by atoms with van der Waals surface area (Å²) in [5.41, 5.74) is 0.0295. The van der Waals surface area contributed by atoms with Crippen LogP contribution in [-0.2, 0) is 11.0 Å². The van der Waals surface area contributed by atoms with Crippen LogP contribution in [0.1, 0.15) is 23.0 Å². The fraction of sp³-hybridized carbons (Fsp3) is 0.100. The summed E-state index contributed by atoms with van der Waals surface area (Å²) in [4.78, 5) is 23.7. The summed E-state index contributed by atoms with van der Waals surface area (Å²) < 4.78 is 40.5. The van der Waals surface area contributed by atoms with E-state index in [1.54, 1.807) is 6.07 Å². The number of hydrogen-bond donors (Lipinski definition) is 0. The minimum atomic E-state index is -4.50. The third-order valence-corrected chi connectivity index (χ3v) is 4.65. The van der Waals surface area contributed by atoms with E-state index < -0.39 is 17.5 Å². The molecule has 0 aliphatic carbocycles. The van der Waals surface area contributed by atoms with Crippen molar-refractivity contribution >= 4 is 27.5 Å². The Balaban J connectivity index is 2.12. The fourth-order valence-corrected chi connectivity index (χ4v) is 2.81. The maximum atomic E-state index is 12.8. The smallest absolute Gasteiger partial charge is 0.416 e. The number of benzene rings is 1. The maximum absolute atomic E-state index is 12.8. The Morgan fingerprint density at radius 1 is 1.13 bits per heavy atom. The zero-order valence-corrected chi connectivity index (χ0v) is 16.9. The maximum Gasteiger partial charge on any atom is 0.416 e. The van der Waals surface area contributed by atoms with Gasteiger partial charge in [0.05, 0.1) is 22.5 Å². The van der Waals surface area contributed by atoms with Crippen molar-refractivity contribution < 1.29 is 27.5 Å². The van der Waals surface area contributed by atoms with Crippen LogP contribution < -0.4 is 4.73 Å². The van der Waals surface area contributed by atoms with Gasteiger partial charge in [0.15, 0.2) is 12.0 Å². The summed E-state index contributed by atoms with van der Waals surface area (Å²) in [6.45, 7) is 1.27. The molecule has 0 aliphatic heterocycles. The van der Waals surface area contributed by atoms with E-state index in [1.807, 2.05) is 0 Å². The minimum Gasteiger partial charge on any atom is -0.618 e. The summed E-state index contributed by atoms with van der Waals surface area (Å²) in [5.74, 6) is -0.916. The molecule has 6 nitrogen and oxygen atoms in total. The second-order valence-corrected chi connectivity index (χ2v) is 7.06. The molecule has 0 amide bonds. The summed E-state index contributed by atoms with van der Waals surface area (Å²) in [6, 6.07) is 8.60. The fourth-order valence-electron chi connectivity index (χ4n) is 2.58. The SMILES string of the molecule is CC(=O)C=CC(=O)c1cc(-c2ccc(Br)[n+]([O-])c2)nn1-c1ccc(C(F)(F)F)cc1. The lowest BCUT2D eigenvalue weighted by atomic mass is 10.1. The quantitative estimate of drug-likeness (QED) is 0.180. The van der Waals surface area contributed by atoms with Gasteiger partial charge in [-0.3, -0.25) is 9.59 Å². The van der Waals surface area contributed by atoms with Crippen molar-refractivity contribution in [3.8, 4) is 16.9 Å². The van der Waals surface area contributed by atoms with Crippen molar-refractivity contribution in [2.24, 2.45) is 0 Å². The minimum absolute atomic E-state index is 0.0163. The molecule has 2 aromatic heterocycles. The van der Waals surface area contributed by atoms with Crippen LogP contribution >= 0.6 is 15.9 Å². The van der Waals surface area contributed by atoms with Gasteiger partial charge < -0.3 is 5.21 Å². The van der Waals surface area contributed by atoms with E-state index in [-0.39, 0.29) is 27.5 Å². The van der Waals surface area contributed by atoms with E-state index in [0.29, 0.717) is 10.3 Å². The molecule has 0 bridgehead atoms. The number of ketones is 2. The predicted octanol–water partition coefficient (Wildman–Crippen LogP) is 4.28. The number of rotatable bonds is 5. The molecular weight excluding hydrogens is 467 g/mol. The Morgan fingerprint density at radius 3 is 2.37 bits per heavy atom. The van der Waals surface area contributed by atoms with Crippen LogP contribution in [0.2, 0.25) is 0 Å². The molecule has 0 spiro atoms. The van der Waals surface area contributed by atoms with Crippen molar-refractivity contribution in [3.05, 3.63) is 81.9 Å². The summed E-state index contributed by atoms with van der Waals surface area (Å²) in [6.07, 6.45) is -1.13. The summed E-state index contributed by atoms with van der Waals surface area (Å²) >= 11 is 3.08. The highest BCUT2D eigenvalue weighted by Crippen LogP contribution is 2.30. The Labute approximate surface area is 177 Å². The molecule has 0 saturated carbocycles. The van der Waals surface area contributed by atoms with Crippen LogP contribution in [0.5, 0.6) is 0 Å². The van der Waals surface area contributed by atoms with Gasteiger partial charge in [-0.05, 0) is 55.5 Å². The number of hydrogen-bond acceptors (Lipinski definition) is 4. The average Bonchev–Trinajstić information content (AvgIpc) is 3.13. The van der Waals surface area contributed by atoms with Gasteiger partial charge in [0, 0.05) is 22.0 Å². The monoisotopic (exact) mass is 479 g/mol. The molecule has 3 rings (SSSR count). The van der Waals surface area contributed by atoms with E-state index >= 15 is 0 Å². The molecule has 0 saturated heterocycles. The number of alkyl halides is 3. The molecule has 3 aromatic rings. The number of halogens is 4. The van der Waals surface area contributed by atoms with Crippen molar-refractivity contribution in [1.29, 1.82) is 0 Å². The molecule has 154 valence electrons. The van der Waals surface area contributed by atoms with Crippen molar-refractivity contribution in [2.75, 3.05) is 0 Å². The van der Waals surface area contributed by atoms with Crippen LogP contribution in [-0.4, -0.2) is 21.3 Å². The van der Waals surface area contributed by atoms with Gasteiger partial charge in [-0.25, -0.2) is 4.68 Å². The molecule has 0 aliphatic rings. The van der Waals surface area contributed by atoms with Crippen molar-refractivity contribution in [1.82, 2.24) is 9.78 Å². The lowest BCUT2D eigenvalue weighted by Gasteiger charge is -2.09. The normalized spacial score (nSPS) is 11.8. The molecular formula is C20H13BrF3N3O3. The molecule has 10 heteroatoms. The number of nitrogens with zero attached hydrogens (tertiary/aromatic N) is 3. The van der Waals surface area contributed by atoms with Crippen LogP contribution in [0.25, 0.3) is 16.9 Å². The van der Waals surface area contributed by atoms with E-state index in [0.717, 1.165) is 24.3 Å². The van der Waals surface area contributed by atoms with E-state index in [9.17, 15) is 28.0 Å². The Kier molecular flexibility index (Phi) is 5.88. The largest absolute Gasteiger partial charge is 0.618 e. The molecule has 0 atom stereocenters. The molecule has 2 heterocycles. The third-order valence-electron chi connectivity index (χ3n) is 4.03. The topological polar surface area (TPSA) is 78.9 Å². The van der Waals surface area contributed by atoms with Crippen molar-refractivity contribution in [3.63, 3.8) is 0 Å². The van der Waals surface area contributed by atoms with Crippen LogP contribution in [0.15, 0.2) is 65.4 Å². The zero-order valence-electron chi connectivity index (χ0n) is 15.4. The number of aromatic nitrogens is 3. The Morgan fingerprint density at radius 2 is 1.80 bits per heavy atom. The van der Waals surface area contributed by atoms with Gasteiger partial charge >= 0.3 is 6.18 Å². The number of allylic oxidation sites excluding steroid dienone is 2. The molecule has 0 radical (unpaired) electrons.